The molecule has 0 bridgehead atoms. The van der Waals surface area contributed by atoms with Gasteiger partial charge in [0.1, 0.15) is 18.0 Å². The summed E-state index contributed by atoms with van der Waals surface area (Å²) >= 11 is 1.57. The molecule has 0 unspecified atom stereocenters. The molecule has 0 fully saturated rings. The Kier molecular flexibility index (Phi) is 7.37. The van der Waals surface area contributed by atoms with Crippen LogP contribution in [0.3, 0.4) is 0 Å². The van der Waals surface area contributed by atoms with Crippen LogP contribution in [0, 0.1) is 0 Å². The Bertz CT molecular complexity index is 1850. The zero-order valence-electron chi connectivity index (χ0n) is 25.3. The van der Waals surface area contributed by atoms with Crippen molar-refractivity contribution in [2.24, 2.45) is 7.05 Å². The summed E-state index contributed by atoms with van der Waals surface area (Å²) in [5.41, 5.74) is 7.60. The lowest BCUT2D eigenvalue weighted by Crippen LogP contribution is -2.41. The standard InChI is InChI=1S/C33H36N6O4S/c1-20(40)43-19-24-23(8-6-10-28(24)39-14-13-38-27-9-5-4-7-21(27)16-29(38)32(39)42)22-15-26(31(41)37(3)17-22)35-33-34-25-11-12-36(2)18-30(25)44-33/h6,8,10,15-17H,4-5,7,9,11-14,18-19H2,1-3H3,(H,34,35). The summed E-state index contributed by atoms with van der Waals surface area (Å²) in [6, 6.07) is 9.66. The molecule has 1 amide bonds. The molecular weight excluding hydrogens is 576 g/mol. The summed E-state index contributed by atoms with van der Waals surface area (Å²) in [6.45, 7) is 4.43. The van der Waals surface area contributed by atoms with E-state index in [9.17, 15) is 14.4 Å². The topological polar surface area (TPSA) is 102 Å². The van der Waals surface area contributed by atoms with Gasteiger partial charge in [-0.3, -0.25) is 14.4 Å². The molecule has 228 valence electrons. The fourth-order valence-electron chi connectivity index (χ4n) is 6.73. The van der Waals surface area contributed by atoms with Crippen molar-refractivity contribution in [3.8, 4) is 11.1 Å². The highest BCUT2D eigenvalue weighted by atomic mass is 32.1. The van der Waals surface area contributed by atoms with Crippen molar-refractivity contribution in [2.75, 3.05) is 30.4 Å². The predicted molar refractivity (Wildman–Crippen MR) is 171 cm³/mol. The summed E-state index contributed by atoms with van der Waals surface area (Å²) in [4.78, 5) is 49.3. The van der Waals surface area contributed by atoms with Crippen LogP contribution >= 0.6 is 11.3 Å². The lowest BCUT2D eigenvalue weighted by Gasteiger charge is -2.32. The number of rotatable bonds is 6. The maximum Gasteiger partial charge on any atom is 0.302 e. The number of pyridine rings is 1. The number of esters is 1. The Hall–Kier alpha value is -4.22. The van der Waals surface area contributed by atoms with Gasteiger partial charge in [-0.15, -0.1) is 11.3 Å². The highest BCUT2D eigenvalue weighted by molar-refractivity contribution is 7.15. The molecular formula is C33H36N6O4S. The van der Waals surface area contributed by atoms with E-state index in [-0.39, 0.29) is 18.1 Å². The maximum absolute atomic E-state index is 14.0. The second kappa shape index (κ2) is 11.4. The van der Waals surface area contributed by atoms with Crippen molar-refractivity contribution < 1.29 is 14.3 Å². The fraction of sp³-hybridized carbons (Fsp3) is 0.394. The molecule has 1 aromatic carbocycles. The van der Waals surface area contributed by atoms with Gasteiger partial charge >= 0.3 is 5.97 Å². The normalized spacial score (nSPS) is 16.3. The number of carbonyl (C=O) groups is 2. The van der Waals surface area contributed by atoms with Crippen LogP contribution in [0.5, 0.6) is 0 Å². The molecule has 3 aliphatic rings. The number of anilines is 3. The number of amides is 1. The molecule has 3 aromatic heterocycles. The number of thiazole rings is 1. The number of benzene rings is 1. The van der Waals surface area contributed by atoms with Gasteiger partial charge in [0.25, 0.3) is 11.5 Å². The van der Waals surface area contributed by atoms with Crippen molar-refractivity contribution in [3.63, 3.8) is 0 Å². The van der Waals surface area contributed by atoms with Gasteiger partial charge in [-0.25, -0.2) is 4.98 Å². The monoisotopic (exact) mass is 612 g/mol. The fourth-order valence-corrected chi connectivity index (χ4v) is 7.83. The van der Waals surface area contributed by atoms with Gasteiger partial charge in [-0.05, 0) is 62.1 Å². The van der Waals surface area contributed by atoms with Gasteiger partial charge in [0, 0.05) is 74.5 Å². The van der Waals surface area contributed by atoms with E-state index in [1.807, 2.05) is 24.3 Å². The minimum Gasteiger partial charge on any atom is -0.461 e. The minimum absolute atomic E-state index is 0.000449. The van der Waals surface area contributed by atoms with E-state index in [0.717, 1.165) is 79.8 Å². The number of likely N-dealkylation sites (N-methyl/N-ethyl adjacent to an activating group) is 1. The Labute approximate surface area is 259 Å². The summed E-state index contributed by atoms with van der Waals surface area (Å²) in [6.07, 6.45) is 7.00. The molecule has 44 heavy (non-hydrogen) atoms. The summed E-state index contributed by atoms with van der Waals surface area (Å²) < 4.78 is 9.29. The molecule has 1 N–H and O–H groups in total. The van der Waals surface area contributed by atoms with E-state index in [1.165, 1.54) is 23.1 Å². The van der Waals surface area contributed by atoms with E-state index in [4.69, 9.17) is 9.72 Å². The van der Waals surface area contributed by atoms with Crippen LogP contribution in [0.25, 0.3) is 11.1 Å². The van der Waals surface area contributed by atoms with Gasteiger partial charge < -0.3 is 29.0 Å². The summed E-state index contributed by atoms with van der Waals surface area (Å²) in [5.74, 6) is -0.452. The molecule has 0 saturated carbocycles. The van der Waals surface area contributed by atoms with Crippen LogP contribution in [0.4, 0.5) is 16.5 Å². The number of hydrogen-bond acceptors (Lipinski definition) is 8. The first-order valence-corrected chi connectivity index (χ1v) is 16.0. The van der Waals surface area contributed by atoms with Crippen molar-refractivity contribution in [2.45, 2.75) is 58.7 Å². The van der Waals surface area contributed by atoms with Crippen LogP contribution in [0.1, 0.15) is 57.6 Å². The number of carbonyl (C=O) groups excluding carboxylic acids is 2. The molecule has 2 aliphatic heterocycles. The second-order valence-electron chi connectivity index (χ2n) is 12.0. The first-order valence-electron chi connectivity index (χ1n) is 15.2. The molecule has 4 aromatic rings. The zero-order chi connectivity index (χ0) is 30.5. The largest absolute Gasteiger partial charge is 0.461 e. The zero-order valence-corrected chi connectivity index (χ0v) is 26.1. The average Bonchev–Trinajstić information content (AvgIpc) is 3.59. The number of aromatic nitrogens is 3. The van der Waals surface area contributed by atoms with Crippen LogP contribution in [0.2, 0.25) is 0 Å². The highest BCUT2D eigenvalue weighted by Gasteiger charge is 2.32. The van der Waals surface area contributed by atoms with Crippen molar-refractivity contribution >= 4 is 39.7 Å². The van der Waals surface area contributed by atoms with Crippen molar-refractivity contribution in [1.82, 2.24) is 19.0 Å². The number of nitrogens with one attached hydrogen (secondary N) is 1. The third-order valence-electron chi connectivity index (χ3n) is 8.94. The molecule has 7 rings (SSSR count). The molecule has 5 heterocycles. The van der Waals surface area contributed by atoms with E-state index in [1.54, 1.807) is 34.0 Å². The SMILES string of the molecule is CC(=O)OCc1c(-c2cc(Nc3nc4c(s3)CN(C)CC4)c(=O)n(C)c2)cccc1N1CCn2c(cc3c2CCCC3)C1=O. The van der Waals surface area contributed by atoms with E-state index in [0.29, 0.717) is 23.1 Å². The van der Waals surface area contributed by atoms with Gasteiger partial charge in [-0.1, -0.05) is 12.1 Å². The second-order valence-corrected chi connectivity index (χ2v) is 13.0. The van der Waals surface area contributed by atoms with Gasteiger partial charge in [0.2, 0.25) is 0 Å². The molecule has 0 radical (unpaired) electrons. The number of aryl methyl sites for hydroxylation is 2. The van der Waals surface area contributed by atoms with E-state index < -0.39 is 5.97 Å². The Morgan fingerprint density at radius 2 is 1.91 bits per heavy atom. The van der Waals surface area contributed by atoms with Crippen LogP contribution in [-0.4, -0.2) is 51.0 Å². The van der Waals surface area contributed by atoms with E-state index in [2.05, 4.69) is 27.9 Å². The molecule has 0 atom stereocenters. The van der Waals surface area contributed by atoms with Crippen LogP contribution in [-0.2, 0) is 55.5 Å². The number of fused-ring (bicyclic) bond motifs is 4. The summed E-state index contributed by atoms with van der Waals surface area (Å²) in [5, 5.41) is 3.98. The third-order valence-corrected chi connectivity index (χ3v) is 9.94. The predicted octanol–water partition coefficient (Wildman–Crippen LogP) is 4.64. The molecule has 0 spiro atoms. The average molecular weight is 613 g/mol. The maximum atomic E-state index is 14.0. The minimum atomic E-state index is -0.404. The number of ether oxygens (including phenoxy) is 1. The number of hydrogen-bond donors (Lipinski definition) is 1. The lowest BCUT2D eigenvalue weighted by molar-refractivity contribution is -0.142. The van der Waals surface area contributed by atoms with Gasteiger partial charge in [0.15, 0.2) is 5.13 Å². The van der Waals surface area contributed by atoms with Crippen LogP contribution in [0.15, 0.2) is 41.3 Å². The number of nitrogens with zero attached hydrogens (tertiary/aromatic N) is 5. The lowest BCUT2D eigenvalue weighted by atomic mass is 9.98. The quantitative estimate of drug-likeness (QED) is 0.317. The first kappa shape index (κ1) is 28.5. The van der Waals surface area contributed by atoms with Crippen LogP contribution < -0.4 is 15.8 Å². The Balaban J connectivity index is 1.27. The van der Waals surface area contributed by atoms with Gasteiger partial charge in [-0.2, -0.15) is 0 Å². The van der Waals surface area contributed by atoms with E-state index >= 15 is 0 Å². The smallest absolute Gasteiger partial charge is 0.302 e. The molecule has 11 heteroatoms. The first-order chi connectivity index (χ1) is 21.3. The van der Waals surface area contributed by atoms with Gasteiger partial charge in [0.05, 0.1) is 11.4 Å². The molecule has 0 saturated heterocycles. The van der Waals surface area contributed by atoms with Crippen molar-refractivity contribution in [3.05, 3.63) is 80.0 Å². The Morgan fingerprint density at radius 1 is 1.07 bits per heavy atom. The third kappa shape index (κ3) is 5.13. The molecule has 1 aliphatic carbocycles. The van der Waals surface area contributed by atoms with Crippen molar-refractivity contribution in [1.29, 1.82) is 0 Å². The Morgan fingerprint density at radius 3 is 2.75 bits per heavy atom. The molecule has 10 nitrogen and oxygen atoms in total. The summed E-state index contributed by atoms with van der Waals surface area (Å²) in [7, 11) is 3.82. The highest BCUT2D eigenvalue weighted by Crippen LogP contribution is 2.37.